The number of carbonyl (C=O) groups is 3. The molecule has 16 heteroatoms. The Hall–Kier alpha value is -4.83. The Morgan fingerprint density at radius 2 is 1.75 bits per heavy atom. The maximum absolute atomic E-state index is 14.4. The van der Waals surface area contributed by atoms with E-state index in [0.717, 1.165) is 18.6 Å². The largest absolute Gasteiger partial charge is 0.490 e. The van der Waals surface area contributed by atoms with Gasteiger partial charge in [0.25, 0.3) is 5.91 Å². The van der Waals surface area contributed by atoms with Gasteiger partial charge in [-0.2, -0.15) is 13.2 Å². The summed E-state index contributed by atoms with van der Waals surface area (Å²) in [7, 11) is 1.55. The smallest absolute Gasteiger partial charge is 0.416 e. The van der Waals surface area contributed by atoms with Crippen molar-refractivity contribution in [3.63, 3.8) is 0 Å². The zero-order valence-corrected chi connectivity index (χ0v) is 30.2. The van der Waals surface area contributed by atoms with Gasteiger partial charge < -0.3 is 44.9 Å². The number of ether oxygens (including phenoxy) is 2. The molecule has 1 aliphatic rings. The number of likely N-dealkylation sites (N-methyl/N-ethyl adjacent to an activating group) is 1. The van der Waals surface area contributed by atoms with E-state index in [0.29, 0.717) is 48.0 Å². The highest BCUT2D eigenvalue weighted by atomic mass is 19.4. The van der Waals surface area contributed by atoms with Gasteiger partial charge in [-0.3, -0.25) is 4.79 Å². The molecule has 3 aromatic rings. The van der Waals surface area contributed by atoms with Gasteiger partial charge in [0.1, 0.15) is 17.1 Å². The summed E-state index contributed by atoms with van der Waals surface area (Å²) in [5.74, 6) is -0.0471. The summed E-state index contributed by atoms with van der Waals surface area (Å²) in [6, 6.07) is 7.19. The standard InChI is InChI=1S/C36H47F3N6O7/c1-21-18-45(22(2)20-46)33(47)29-17-28(40-34(48)42-32-24(4)43-52-25(32)5)14-15-30(29)51-23(3)9-7-8-16-50-31(21)19-44(6)35(49)41-27-12-10-26(11-13-27)36(37,38)39/h10-15,17,21-23,31,46H,7-9,16,18-20H2,1-6H3,(H,41,49)(H2,40,42,48)/t21-,22+,23-,31+/m1/s1. The van der Waals surface area contributed by atoms with Crippen molar-refractivity contribution in [2.75, 3.05) is 49.3 Å². The Bertz CT molecular complexity index is 1660. The Labute approximate surface area is 300 Å². The molecule has 0 fully saturated rings. The molecule has 0 aliphatic carbocycles. The molecule has 1 aromatic heterocycles. The van der Waals surface area contributed by atoms with Crippen molar-refractivity contribution >= 4 is 35.0 Å². The van der Waals surface area contributed by atoms with Gasteiger partial charge in [-0.1, -0.05) is 12.1 Å². The predicted molar refractivity (Wildman–Crippen MR) is 189 cm³/mol. The number of hydrogen-bond donors (Lipinski definition) is 4. The molecule has 0 unspecified atom stereocenters. The Balaban J connectivity index is 1.56. The number of urea groups is 2. The molecule has 0 radical (unpaired) electrons. The van der Waals surface area contributed by atoms with E-state index in [1.165, 1.54) is 28.0 Å². The summed E-state index contributed by atoms with van der Waals surface area (Å²) in [5, 5.41) is 22.1. The maximum Gasteiger partial charge on any atom is 0.416 e. The van der Waals surface area contributed by atoms with Crippen molar-refractivity contribution in [2.45, 2.75) is 78.3 Å². The number of halogens is 3. The van der Waals surface area contributed by atoms with Crippen molar-refractivity contribution in [1.29, 1.82) is 0 Å². The van der Waals surface area contributed by atoms with Gasteiger partial charge in [0.15, 0.2) is 5.76 Å². The number of aliphatic hydroxyl groups excluding tert-OH is 1. The number of aromatic nitrogens is 1. The summed E-state index contributed by atoms with van der Waals surface area (Å²) < 4.78 is 56.6. The second-order valence-electron chi connectivity index (χ2n) is 13.2. The number of anilines is 3. The minimum Gasteiger partial charge on any atom is -0.490 e. The minimum absolute atomic E-state index is 0.105. The Morgan fingerprint density at radius 3 is 2.38 bits per heavy atom. The molecular weight excluding hydrogens is 685 g/mol. The first kappa shape index (κ1) is 39.9. The van der Waals surface area contributed by atoms with Crippen LogP contribution in [-0.2, 0) is 10.9 Å². The number of hydrogen-bond acceptors (Lipinski definition) is 8. The van der Waals surface area contributed by atoms with Gasteiger partial charge in [-0.15, -0.1) is 0 Å². The first-order chi connectivity index (χ1) is 24.6. The molecule has 284 valence electrons. The Morgan fingerprint density at radius 1 is 1.06 bits per heavy atom. The number of amides is 5. The summed E-state index contributed by atoms with van der Waals surface area (Å²) in [6.45, 7) is 9.10. The molecule has 13 nitrogen and oxygen atoms in total. The number of rotatable bonds is 7. The topological polar surface area (TPSA) is 158 Å². The zero-order valence-electron chi connectivity index (χ0n) is 30.2. The molecule has 1 aliphatic heterocycles. The number of fused-ring (bicyclic) bond motifs is 1. The zero-order chi connectivity index (χ0) is 38.2. The highest BCUT2D eigenvalue weighted by molar-refractivity contribution is 6.03. The molecule has 2 aromatic carbocycles. The fourth-order valence-corrected chi connectivity index (χ4v) is 5.71. The van der Waals surface area contributed by atoms with Crippen LogP contribution in [-0.4, -0.2) is 89.6 Å². The average Bonchev–Trinajstić information content (AvgIpc) is 3.41. The summed E-state index contributed by atoms with van der Waals surface area (Å²) in [6.07, 6.45) is -3.21. The number of nitrogens with zero attached hydrogens (tertiary/aromatic N) is 3. The Kier molecular flexibility index (Phi) is 13.5. The van der Waals surface area contributed by atoms with Crippen LogP contribution in [0.5, 0.6) is 5.75 Å². The van der Waals surface area contributed by atoms with E-state index in [9.17, 15) is 32.7 Å². The van der Waals surface area contributed by atoms with Gasteiger partial charge in [-0.25, -0.2) is 9.59 Å². The fraction of sp³-hybridized carbons (Fsp3) is 0.500. The quantitative estimate of drug-likeness (QED) is 0.204. The molecule has 0 spiro atoms. The van der Waals surface area contributed by atoms with Gasteiger partial charge in [0.2, 0.25) is 0 Å². The second kappa shape index (κ2) is 17.6. The molecule has 4 rings (SSSR count). The SMILES string of the molecule is Cc1noc(C)c1NC(=O)Nc1ccc2c(c1)C(=O)N([C@@H](C)CO)C[C@@H](C)[C@H](CN(C)C(=O)Nc1ccc(C(F)(F)F)cc1)OCCCC[C@@H](C)O2. The van der Waals surface area contributed by atoms with E-state index in [2.05, 4.69) is 21.1 Å². The summed E-state index contributed by atoms with van der Waals surface area (Å²) in [5.41, 5.74) is 0.804. The number of benzene rings is 2. The molecule has 5 amide bonds. The highest BCUT2D eigenvalue weighted by Gasteiger charge is 2.32. The molecule has 4 N–H and O–H groups in total. The van der Waals surface area contributed by atoms with Crippen LogP contribution >= 0.6 is 0 Å². The lowest BCUT2D eigenvalue weighted by Crippen LogP contribution is -2.48. The van der Waals surface area contributed by atoms with Crippen LogP contribution in [0.3, 0.4) is 0 Å². The van der Waals surface area contributed by atoms with Crippen molar-refractivity contribution in [3.8, 4) is 5.75 Å². The third-order valence-corrected chi connectivity index (χ3v) is 8.85. The number of alkyl halides is 3. The van der Waals surface area contributed by atoms with Gasteiger partial charge in [0, 0.05) is 44.0 Å². The molecule has 0 bridgehead atoms. The molecule has 0 saturated carbocycles. The number of aliphatic hydroxyl groups is 1. The van der Waals surface area contributed by atoms with Gasteiger partial charge in [-0.05, 0) is 89.4 Å². The molecule has 2 heterocycles. The molecule has 52 heavy (non-hydrogen) atoms. The summed E-state index contributed by atoms with van der Waals surface area (Å²) in [4.78, 5) is 43.3. The van der Waals surface area contributed by atoms with Crippen LogP contribution in [0.1, 0.15) is 67.4 Å². The third-order valence-electron chi connectivity index (χ3n) is 8.85. The van der Waals surface area contributed by atoms with E-state index in [1.54, 1.807) is 40.0 Å². The van der Waals surface area contributed by atoms with Crippen molar-refractivity contribution in [1.82, 2.24) is 15.0 Å². The van der Waals surface area contributed by atoms with Gasteiger partial charge in [0.05, 0.1) is 36.0 Å². The van der Waals surface area contributed by atoms with E-state index >= 15 is 0 Å². The lowest BCUT2D eigenvalue weighted by molar-refractivity contribution is -0.137. The van der Waals surface area contributed by atoms with Crippen LogP contribution in [0.25, 0.3) is 0 Å². The van der Waals surface area contributed by atoms with E-state index in [-0.39, 0.29) is 43.0 Å². The van der Waals surface area contributed by atoms with Crippen molar-refractivity contribution < 1.29 is 46.7 Å². The number of nitrogens with one attached hydrogen (secondary N) is 3. The van der Waals surface area contributed by atoms with E-state index in [4.69, 9.17) is 14.0 Å². The minimum atomic E-state index is -4.50. The molecule has 4 atom stereocenters. The number of carbonyl (C=O) groups excluding carboxylic acids is 3. The molecule has 0 saturated heterocycles. The normalized spacial score (nSPS) is 19.5. The average molecular weight is 733 g/mol. The number of aryl methyl sites for hydroxylation is 2. The fourth-order valence-electron chi connectivity index (χ4n) is 5.71. The third kappa shape index (κ3) is 10.6. The first-order valence-corrected chi connectivity index (χ1v) is 17.1. The monoisotopic (exact) mass is 732 g/mol. The second-order valence-corrected chi connectivity index (χ2v) is 13.2. The predicted octanol–water partition coefficient (Wildman–Crippen LogP) is 6.91. The van der Waals surface area contributed by atoms with Crippen LogP contribution in [0.2, 0.25) is 0 Å². The molecular formula is C36H47F3N6O7. The van der Waals surface area contributed by atoms with Crippen molar-refractivity contribution in [3.05, 3.63) is 65.0 Å². The van der Waals surface area contributed by atoms with Crippen LogP contribution in [0, 0.1) is 19.8 Å². The first-order valence-electron chi connectivity index (χ1n) is 17.1. The van der Waals surface area contributed by atoms with E-state index in [1.807, 2.05) is 13.8 Å². The summed E-state index contributed by atoms with van der Waals surface area (Å²) >= 11 is 0. The highest BCUT2D eigenvalue weighted by Crippen LogP contribution is 2.31. The van der Waals surface area contributed by atoms with Crippen LogP contribution < -0.4 is 20.7 Å². The van der Waals surface area contributed by atoms with Crippen LogP contribution in [0.4, 0.5) is 39.8 Å². The lowest BCUT2D eigenvalue weighted by atomic mass is 10.0. The maximum atomic E-state index is 14.4. The lowest BCUT2D eigenvalue weighted by Gasteiger charge is -2.35. The van der Waals surface area contributed by atoms with Gasteiger partial charge >= 0.3 is 18.2 Å². The van der Waals surface area contributed by atoms with Crippen LogP contribution in [0.15, 0.2) is 47.0 Å². The van der Waals surface area contributed by atoms with E-state index < -0.39 is 41.9 Å². The van der Waals surface area contributed by atoms with Crippen molar-refractivity contribution in [2.24, 2.45) is 5.92 Å².